The Morgan fingerprint density at radius 2 is 1.70 bits per heavy atom. The van der Waals surface area contributed by atoms with Crippen LogP contribution in [0.1, 0.15) is 33.3 Å². The normalized spacial score (nSPS) is 14.4. The largest absolute Gasteiger partial charge is 0.478 e. The number of benzene rings is 2. The van der Waals surface area contributed by atoms with Gasteiger partial charge in [0, 0.05) is 59.8 Å². The van der Waals surface area contributed by atoms with Gasteiger partial charge in [-0.1, -0.05) is 52.0 Å². The van der Waals surface area contributed by atoms with Crippen molar-refractivity contribution in [2.75, 3.05) is 33.1 Å². The van der Waals surface area contributed by atoms with E-state index in [-0.39, 0.29) is 16.9 Å². The maximum atomic E-state index is 12.3. The van der Waals surface area contributed by atoms with E-state index in [1.54, 1.807) is 6.08 Å². The smallest absolute Gasteiger partial charge is 0.336 e. The van der Waals surface area contributed by atoms with Crippen molar-refractivity contribution >= 4 is 34.5 Å². The lowest BCUT2D eigenvalue weighted by molar-refractivity contribution is -0.132. The second-order valence-electron chi connectivity index (χ2n) is 10.6. The first kappa shape index (κ1) is 27.7. The zero-order chi connectivity index (χ0) is 27.5. The molecule has 6 heteroatoms. The summed E-state index contributed by atoms with van der Waals surface area (Å²) in [7, 11) is 7.94. The van der Waals surface area contributed by atoms with E-state index in [1.807, 2.05) is 100 Å². The molecule has 1 heterocycles. The van der Waals surface area contributed by atoms with Crippen LogP contribution in [-0.4, -0.2) is 45.6 Å². The van der Waals surface area contributed by atoms with Crippen molar-refractivity contribution in [2.45, 2.75) is 27.7 Å². The average molecular weight is 502 g/mol. The Morgan fingerprint density at radius 1 is 1.05 bits per heavy atom. The lowest BCUT2D eigenvalue weighted by Crippen LogP contribution is -2.21. The number of carbonyl (C=O) groups excluding carboxylic acids is 1. The van der Waals surface area contributed by atoms with Crippen molar-refractivity contribution < 1.29 is 19.1 Å². The molecule has 1 N–H and O–H groups in total. The van der Waals surface area contributed by atoms with Gasteiger partial charge in [0.1, 0.15) is 31.7 Å². The third-order valence-corrected chi connectivity index (χ3v) is 6.14. The van der Waals surface area contributed by atoms with Gasteiger partial charge in [-0.3, -0.25) is 0 Å². The second kappa shape index (κ2) is 11.0. The minimum absolute atomic E-state index is 0.204. The fourth-order valence-electron chi connectivity index (χ4n) is 3.95. The third-order valence-electron chi connectivity index (χ3n) is 6.14. The van der Waals surface area contributed by atoms with E-state index in [1.165, 1.54) is 0 Å². The molecule has 0 spiro atoms. The summed E-state index contributed by atoms with van der Waals surface area (Å²) in [6, 6.07) is 12.1. The molecule has 0 radical (unpaired) electrons. The third kappa shape index (κ3) is 6.26. The van der Waals surface area contributed by atoms with Crippen LogP contribution in [0.25, 0.3) is 27.9 Å². The van der Waals surface area contributed by atoms with Crippen LogP contribution in [0.3, 0.4) is 0 Å². The Kier molecular flexibility index (Phi) is 8.22. The van der Waals surface area contributed by atoms with E-state index in [0.717, 1.165) is 33.8 Å². The van der Waals surface area contributed by atoms with Gasteiger partial charge in [-0.25, -0.2) is 9.37 Å². The molecule has 0 fully saturated rings. The first-order valence-corrected chi connectivity index (χ1v) is 12.3. The summed E-state index contributed by atoms with van der Waals surface area (Å²) in [6.07, 6.45) is 8.57. The Balaban J connectivity index is 0.000000695. The Morgan fingerprint density at radius 3 is 2.27 bits per heavy atom. The Bertz CT molecular complexity index is 1460. The first-order chi connectivity index (χ1) is 17.3. The molecular formula is C31H37N2O4+. The zero-order valence-corrected chi connectivity index (χ0v) is 23.0. The monoisotopic (exact) mass is 501 g/mol. The predicted octanol–water partition coefficient (Wildman–Crippen LogP) is 5.47. The van der Waals surface area contributed by atoms with Crippen molar-refractivity contribution in [2.24, 2.45) is 11.3 Å². The number of aldehydes is 1. The number of carbonyl (C=O) groups is 2. The summed E-state index contributed by atoms with van der Waals surface area (Å²) in [5.74, 6) is -0.0294. The number of anilines is 1. The van der Waals surface area contributed by atoms with E-state index < -0.39 is 5.97 Å². The Hall–Kier alpha value is -3.93. The molecule has 6 nitrogen and oxygen atoms in total. The van der Waals surface area contributed by atoms with E-state index in [9.17, 15) is 14.7 Å². The number of aliphatic carboxylic acids is 1. The van der Waals surface area contributed by atoms with Crippen LogP contribution >= 0.6 is 0 Å². The molecule has 1 aliphatic heterocycles. The average Bonchev–Trinajstić information content (AvgIpc) is 2.99. The summed E-state index contributed by atoms with van der Waals surface area (Å²) in [5, 5.41) is 12.0. The molecule has 0 saturated carbocycles. The van der Waals surface area contributed by atoms with Crippen molar-refractivity contribution in [1.29, 1.82) is 0 Å². The van der Waals surface area contributed by atoms with Crippen molar-refractivity contribution in [3.05, 3.63) is 77.2 Å². The van der Waals surface area contributed by atoms with Crippen molar-refractivity contribution in [1.82, 2.24) is 4.58 Å². The summed E-state index contributed by atoms with van der Waals surface area (Å²) in [5.41, 5.74) is 4.19. The number of hydrogen-bond donors (Lipinski definition) is 1. The van der Waals surface area contributed by atoms with Crippen LogP contribution in [0.5, 0.6) is 0 Å². The summed E-state index contributed by atoms with van der Waals surface area (Å²) >= 11 is 0. The molecule has 4 rings (SSSR count). The molecule has 2 aliphatic carbocycles. The Labute approximate surface area is 218 Å². The van der Waals surface area contributed by atoms with Gasteiger partial charge < -0.3 is 19.2 Å². The van der Waals surface area contributed by atoms with Crippen LogP contribution in [0.15, 0.2) is 70.7 Å². The van der Waals surface area contributed by atoms with Crippen LogP contribution in [-0.2, 0) is 9.59 Å². The molecule has 3 aliphatic rings. The second-order valence-corrected chi connectivity index (χ2v) is 10.6. The summed E-state index contributed by atoms with van der Waals surface area (Å²) in [6.45, 7) is 7.83. The number of hydrogen-bond acceptors (Lipinski definition) is 4. The predicted molar refractivity (Wildman–Crippen MR) is 152 cm³/mol. The van der Waals surface area contributed by atoms with Crippen molar-refractivity contribution in [3.8, 4) is 11.3 Å². The highest BCUT2D eigenvalue weighted by Gasteiger charge is 2.25. The number of fused-ring (bicyclic) bond motifs is 2. The van der Waals surface area contributed by atoms with Gasteiger partial charge in [0.2, 0.25) is 5.36 Å². The first-order valence-electron chi connectivity index (χ1n) is 12.3. The maximum Gasteiger partial charge on any atom is 0.336 e. The van der Waals surface area contributed by atoms with Crippen LogP contribution < -0.4 is 14.8 Å². The van der Waals surface area contributed by atoms with E-state index in [2.05, 4.69) is 19.9 Å². The highest BCUT2D eigenvalue weighted by molar-refractivity contribution is 6.09. The zero-order valence-electron chi connectivity index (χ0n) is 23.0. The maximum absolute atomic E-state index is 12.3. The molecule has 37 heavy (non-hydrogen) atoms. The highest BCUT2D eigenvalue weighted by atomic mass is 16.4. The van der Waals surface area contributed by atoms with E-state index in [4.69, 9.17) is 4.42 Å². The van der Waals surface area contributed by atoms with Crippen molar-refractivity contribution in [3.63, 3.8) is 0 Å². The molecule has 0 amide bonds. The molecule has 1 aromatic carbocycles. The molecule has 0 saturated heterocycles. The fraction of sp³-hybridized carbons (Fsp3) is 0.323. The topological polar surface area (TPSA) is 73.8 Å². The molecule has 0 atom stereocenters. The summed E-state index contributed by atoms with van der Waals surface area (Å²) < 4.78 is 8.38. The van der Waals surface area contributed by atoms with E-state index in [0.29, 0.717) is 16.9 Å². The fourth-order valence-corrected chi connectivity index (χ4v) is 3.95. The van der Waals surface area contributed by atoms with Crippen LogP contribution in [0, 0.1) is 11.3 Å². The lowest BCUT2D eigenvalue weighted by Gasteiger charge is -2.19. The molecule has 1 aromatic rings. The quantitative estimate of drug-likeness (QED) is 0.292. The lowest BCUT2D eigenvalue weighted by atomic mass is 9.89. The van der Waals surface area contributed by atoms with E-state index >= 15 is 0 Å². The van der Waals surface area contributed by atoms with Crippen LogP contribution in [0.2, 0.25) is 0 Å². The van der Waals surface area contributed by atoms with Gasteiger partial charge >= 0.3 is 5.97 Å². The van der Waals surface area contributed by atoms with Crippen LogP contribution in [0.4, 0.5) is 5.69 Å². The van der Waals surface area contributed by atoms with Gasteiger partial charge in [0.05, 0.1) is 11.6 Å². The number of nitrogens with zero attached hydrogens (tertiary/aromatic N) is 2. The molecule has 0 aromatic heterocycles. The molecule has 0 bridgehead atoms. The number of carboxylic acid groups (broad SMARTS) is 1. The minimum Gasteiger partial charge on any atom is -0.478 e. The number of carboxylic acids is 1. The summed E-state index contributed by atoms with van der Waals surface area (Å²) in [4.78, 5) is 23.8. The van der Waals surface area contributed by atoms with Gasteiger partial charge in [-0.15, -0.1) is 0 Å². The van der Waals surface area contributed by atoms with Gasteiger partial charge in [0.25, 0.3) is 0 Å². The molecule has 194 valence electrons. The number of rotatable bonds is 4. The standard InChI is InChI=1S/C27H28N2O3.C4H8O/c1-27(2)13-11-19(20(12-14-27)26(30)31)25-21-9-7-17(28(3)4)15-23(21)32-24-16-18(29(5)6)8-10-22(24)25;1-4(2)3-5/h7-16H,1-6H3;3-4H,1-2H3/p+1. The molecule has 0 unspecified atom stereocenters. The highest BCUT2D eigenvalue weighted by Crippen LogP contribution is 2.41. The van der Waals surface area contributed by atoms with Gasteiger partial charge in [0.15, 0.2) is 0 Å². The van der Waals surface area contributed by atoms with Gasteiger partial charge in [-0.05, 0) is 23.8 Å². The SMILES string of the molecule is CC(C)C=O.CN(C)c1ccc2c(C3=C(C(=O)O)C=CC(C)(C)C=C3)c3ccc(=[N+](C)C)cc-3oc2c1. The van der Waals surface area contributed by atoms with Gasteiger partial charge in [-0.2, -0.15) is 0 Å². The number of allylic oxidation sites excluding steroid dienone is 4. The molecular weight excluding hydrogens is 464 g/mol. The minimum atomic E-state index is -0.949.